The van der Waals surface area contributed by atoms with E-state index >= 15 is 0 Å². The van der Waals surface area contributed by atoms with Crippen molar-refractivity contribution in [3.05, 3.63) is 23.2 Å². The van der Waals surface area contributed by atoms with Crippen molar-refractivity contribution >= 4 is 11.6 Å². The molecule has 0 aromatic carbocycles. The summed E-state index contributed by atoms with van der Waals surface area (Å²) >= 11 is 5.76. The van der Waals surface area contributed by atoms with Gasteiger partial charge in [0.2, 0.25) is 5.28 Å². The van der Waals surface area contributed by atoms with Crippen LogP contribution in [0.15, 0.2) is 12.3 Å². The number of nitrogens with zero attached hydrogens (tertiary/aromatic N) is 3. The lowest BCUT2D eigenvalue weighted by molar-refractivity contribution is 0.190. The molecule has 1 aromatic rings. The lowest BCUT2D eigenvalue weighted by atomic mass is 10.1. The largest absolute Gasteiger partial charge is 0.317 e. The molecule has 1 aromatic heterocycles. The van der Waals surface area contributed by atoms with Gasteiger partial charge in [0.15, 0.2) is 0 Å². The Bertz CT molecular complexity index is 339. The van der Waals surface area contributed by atoms with Gasteiger partial charge in [-0.05, 0) is 50.6 Å². The lowest BCUT2D eigenvalue weighted by Crippen LogP contribution is -2.40. The molecule has 4 nitrogen and oxygen atoms in total. The first-order valence-electron chi connectivity index (χ1n) is 5.64. The molecule has 1 aliphatic rings. The molecule has 16 heavy (non-hydrogen) atoms. The highest BCUT2D eigenvalue weighted by Crippen LogP contribution is 2.13. The van der Waals surface area contributed by atoms with Crippen LogP contribution in [0.25, 0.3) is 0 Å². The van der Waals surface area contributed by atoms with E-state index < -0.39 is 0 Å². The maximum Gasteiger partial charge on any atom is 0.222 e. The first-order valence-corrected chi connectivity index (χ1v) is 6.02. The third-order valence-corrected chi connectivity index (χ3v) is 3.21. The van der Waals surface area contributed by atoms with Gasteiger partial charge >= 0.3 is 0 Å². The Hall–Kier alpha value is -0.710. The van der Waals surface area contributed by atoms with Crippen molar-refractivity contribution in [1.82, 2.24) is 20.2 Å². The van der Waals surface area contributed by atoms with Crippen LogP contribution in [0.3, 0.4) is 0 Å². The van der Waals surface area contributed by atoms with E-state index in [-0.39, 0.29) is 0 Å². The van der Waals surface area contributed by atoms with Crippen molar-refractivity contribution < 1.29 is 0 Å². The SMILES string of the molecule is CN(Cc1ccnc(Cl)n1)C1CCNCC1. The summed E-state index contributed by atoms with van der Waals surface area (Å²) in [6.07, 6.45) is 4.12. The van der Waals surface area contributed by atoms with Crippen LogP contribution in [-0.4, -0.2) is 41.0 Å². The minimum Gasteiger partial charge on any atom is -0.317 e. The lowest BCUT2D eigenvalue weighted by Gasteiger charge is -2.31. The summed E-state index contributed by atoms with van der Waals surface area (Å²) in [5.41, 5.74) is 0.987. The number of hydrogen-bond donors (Lipinski definition) is 1. The maximum absolute atomic E-state index is 5.76. The van der Waals surface area contributed by atoms with Gasteiger partial charge in [-0.15, -0.1) is 0 Å². The Morgan fingerprint density at radius 3 is 2.94 bits per heavy atom. The number of rotatable bonds is 3. The molecular weight excluding hydrogens is 224 g/mol. The van der Waals surface area contributed by atoms with Crippen molar-refractivity contribution in [2.24, 2.45) is 0 Å². The molecule has 88 valence electrons. The fourth-order valence-electron chi connectivity index (χ4n) is 2.09. The molecule has 0 unspecified atom stereocenters. The Labute approximate surface area is 101 Å². The second-order valence-electron chi connectivity index (χ2n) is 4.21. The monoisotopic (exact) mass is 240 g/mol. The van der Waals surface area contributed by atoms with Crippen LogP contribution >= 0.6 is 11.6 Å². The molecule has 0 bridgehead atoms. The fourth-order valence-corrected chi connectivity index (χ4v) is 2.25. The Morgan fingerprint density at radius 2 is 2.25 bits per heavy atom. The van der Waals surface area contributed by atoms with E-state index in [4.69, 9.17) is 11.6 Å². The van der Waals surface area contributed by atoms with E-state index in [1.807, 2.05) is 6.07 Å². The molecule has 1 N–H and O–H groups in total. The minimum atomic E-state index is 0.330. The zero-order valence-corrected chi connectivity index (χ0v) is 10.2. The number of piperidine rings is 1. The first-order chi connectivity index (χ1) is 7.75. The summed E-state index contributed by atoms with van der Waals surface area (Å²) < 4.78 is 0. The average molecular weight is 241 g/mol. The van der Waals surface area contributed by atoms with E-state index in [1.54, 1.807) is 6.20 Å². The van der Waals surface area contributed by atoms with Crippen molar-refractivity contribution in [2.75, 3.05) is 20.1 Å². The van der Waals surface area contributed by atoms with Crippen molar-refractivity contribution in [3.8, 4) is 0 Å². The molecule has 0 amide bonds. The summed E-state index contributed by atoms with van der Waals surface area (Å²) in [6, 6.07) is 2.57. The summed E-state index contributed by atoms with van der Waals surface area (Å²) in [4.78, 5) is 10.4. The van der Waals surface area contributed by atoms with E-state index in [2.05, 4.69) is 27.2 Å². The van der Waals surface area contributed by atoms with Crippen LogP contribution in [0.2, 0.25) is 5.28 Å². The van der Waals surface area contributed by atoms with Gasteiger partial charge in [0, 0.05) is 18.8 Å². The van der Waals surface area contributed by atoms with E-state index in [1.165, 1.54) is 12.8 Å². The van der Waals surface area contributed by atoms with Crippen LogP contribution in [0.5, 0.6) is 0 Å². The second kappa shape index (κ2) is 5.57. The van der Waals surface area contributed by atoms with Crippen LogP contribution < -0.4 is 5.32 Å². The third kappa shape index (κ3) is 3.14. The van der Waals surface area contributed by atoms with Crippen LogP contribution in [-0.2, 0) is 6.54 Å². The molecule has 0 aliphatic carbocycles. The van der Waals surface area contributed by atoms with Gasteiger partial charge in [0.25, 0.3) is 0 Å². The quantitative estimate of drug-likeness (QED) is 0.809. The van der Waals surface area contributed by atoms with E-state index in [0.717, 1.165) is 25.3 Å². The van der Waals surface area contributed by atoms with E-state index in [0.29, 0.717) is 11.3 Å². The third-order valence-electron chi connectivity index (χ3n) is 3.03. The van der Waals surface area contributed by atoms with Crippen LogP contribution in [0.4, 0.5) is 0 Å². The average Bonchev–Trinajstić information content (AvgIpc) is 2.30. The number of nitrogens with one attached hydrogen (secondary N) is 1. The van der Waals surface area contributed by atoms with Gasteiger partial charge in [-0.2, -0.15) is 0 Å². The van der Waals surface area contributed by atoms with Crippen LogP contribution in [0.1, 0.15) is 18.5 Å². The normalized spacial score (nSPS) is 17.9. The van der Waals surface area contributed by atoms with Gasteiger partial charge in [0.1, 0.15) is 0 Å². The molecule has 1 saturated heterocycles. The Morgan fingerprint density at radius 1 is 1.50 bits per heavy atom. The molecule has 5 heteroatoms. The molecule has 2 rings (SSSR count). The highest BCUT2D eigenvalue weighted by Gasteiger charge is 2.17. The molecule has 1 aliphatic heterocycles. The molecule has 1 fully saturated rings. The molecular formula is C11H17ClN4. The van der Waals surface area contributed by atoms with Crippen molar-refractivity contribution in [2.45, 2.75) is 25.4 Å². The summed E-state index contributed by atoms with van der Waals surface area (Å²) in [7, 11) is 2.14. The second-order valence-corrected chi connectivity index (χ2v) is 4.55. The van der Waals surface area contributed by atoms with Gasteiger partial charge in [-0.25, -0.2) is 9.97 Å². The van der Waals surface area contributed by atoms with Gasteiger partial charge in [-0.3, -0.25) is 4.90 Å². The van der Waals surface area contributed by atoms with Crippen molar-refractivity contribution in [3.63, 3.8) is 0 Å². The smallest absolute Gasteiger partial charge is 0.222 e. The standard InChI is InChI=1S/C11H17ClN4/c1-16(10-3-5-13-6-4-10)8-9-2-7-14-11(12)15-9/h2,7,10,13H,3-6,8H2,1H3. The highest BCUT2D eigenvalue weighted by molar-refractivity contribution is 6.28. The first kappa shape index (κ1) is 11.8. The zero-order chi connectivity index (χ0) is 11.4. The Balaban J connectivity index is 1.93. The topological polar surface area (TPSA) is 41.1 Å². The summed E-state index contributed by atoms with van der Waals surface area (Å²) in [5.74, 6) is 0. The molecule has 0 atom stereocenters. The molecule has 0 radical (unpaired) electrons. The van der Waals surface area contributed by atoms with Gasteiger partial charge < -0.3 is 5.32 Å². The molecule has 2 heterocycles. The van der Waals surface area contributed by atoms with Crippen molar-refractivity contribution in [1.29, 1.82) is 0 Å². The molecule has 0 spiro atoms. The number of aromatic nitrogens is 2. The minimum absolute atomic E-state index is 0.330. The van der Waals surface area contributed by atoms with Gasteiger partial charge in [-0.1, -0.05) is 0 Å². The molecule has 0 saturated carbocycles. The van der Waals surface area contributed by atoms with Crippen LogP contribution in [0, 0.1) is 0 Å². The van der Waals surface area contributed by atoms with E-state index in [9.17, 15) is 0 Å². The van der Waals surface area contributed by atoms with Gasteiger partial charge in [0.05, 0.1) is 5.69 Å². The number of halogens is 1. The number of hydrogen-bond acceptors (Lipinski definition) is 4. The highest BCUT2D eigenvalue weighted by atomic mass is 35.5. The summed E-state index contributed by atoms with van der Waals surface area (Å²) in [6.45, 7) is 3.06. The Kier molecular flexibility index (Phi) is 4.09. The summed E-state index contributed by atoms with van der Waals surface area (Å²) in [5, 5.41) is 3.70. The predicted molar refractivity (Wildman–Crippen MR) is 64.4 cm³/mol. The maximum atomic E-state index is 5.76. The fraction of sp³-hybridized carbons (Fsp3) is 0.636. The predicted octanol–water partition coefficient (Wildman–Crippen LogP) is 1.31. The zero-order valence-electron chi connectivity index (χ0n) is 9.49.